The predicted octanol–water partition coefficient (Wildman–Crippen LogP) is 4.06. The number of carbonyl (C=O) groups is 1. The molecule has 3 aromatic rings. The average Bonchev–Trinajstić information content (AvgIpc) is 3.15. The van der Waals surface area contributed by atoms with Crippen molar-refractivity contribution in [2.45, 2.75) is 25.4 Å². The smallest absolute Gasteiger partial charge is 0.270 e. The van der Waals surface area contributed by atoms with Crippen molar-refractivity contribution < 1.29 is 9.90 Å². The molecular weight excluding hydrogens is 398 g/mol. The van der Waals surface area contributed by atoms with E-state index < -0.39 is 0 Å². The van der Waals surface area contributed by atoms with E-state index >= 15 is 0 Å². The predicted molar refractivity (Wildman–Crippen MR) is 120 cm³/mol. The van der Waals surface area contributed by atoms with Crippen LogP contribution in [-0.4, -0.2) is 53.2 Å². The number of rotatable bonds is 2. The van der Waals surface area contributed by atoms with Crippen molar-refractivity contribution in [1.82, 2.24) is 15.2 Å². The SMILES string of the molecule is O=C(c1[nH]c2ccc(Cl)cc2c1-c1ccccc1)N1CCC[C@]2(CNCC[C@@H]2O)C1. The molecule has 6 heteroatoms. The third kappa shape index (κ3) is 3.31. The second-order valence-electron chi connectivity index (χ2n) is 8.60. The van der Waals surface area contributed by atoms with Crippen LogP contribution in [-0.2, 0) is 0 Å². The van der Waals surface area contributed by atoms with Crippen molar-refractivity contribution in [2.24, 2.45) is 5.41 Å². The summed E-state index contributed by atoms with van der Waals surface area (Å²) in [5.74, 6) is -0.0157. The van der Waals surface area contributed by atoms with Gasteiger partial charge in [-0.3, -0.25) is 4.79 Å². The van der Waals surface area contributed by atoms with E-state index in [0.717, 1.165) is 54.4 Å². The Labute approximate surface area is 181 Å². The number of carbonyl (C=O) groups excluding carboxylic acids is 1. The van der Waals surface area contributed by atoms with E-state index in [1.54, 1.807) is 0 Å². The highest BCUT2D eigenvalue weighted by atomic mass is 35.5. The number of H-pyrrole nitrogens is 1. The highest BCUT2D eigenvalue weighted by molar-refractivity contribution is 6.31. The first-order chi connectivity index (χ1) is 14.6. The molecule has 5 rings (SSSR count). The van der Waals surface area contributed by atoms with Crippen LogP contribution in [0, 0.1) is 5.41 Å². The summed E-state index contributed by atoms with van der Waals surface area (Å²) in [6.45, 7) is 2.87. The molecule has 2 fully saturated rings. The van der Waals surface area contributed by atoms with Gasteiger partial charge in [0.05, 0.1) is 6.10 Å². The van der Waals surface area contributed by atoms with Crippen LogP contribution in [0.4, 0.5) is 0 Å². The molecule has 156 valence electrons. The summed E-state index contributed by atoms with van der Waals surface area (Å²) in [6.07, 6.45) is 2.21. The molecule has 3 heterocycles. The van der Waals surface area contributed by atoms with Crippen molar-refractivity contribution in [3.63, 3.8) is 0 Å². The van der Waals surface area contributed by atoms with Gasteiger partial charge < -0.3 is 20.3 Å². The zero-order chi connectivity index (χ0) is 20.7. The van der Waals surface area contributed by atoms with Crippen LogP contribution in [0.3, 0.4) is 0 Å². The van der Waals surface area contributed by atoms with Gasteiger partial charge in [0.2, 0.25) is 0 Å². The minimum absolute atomic E-state index is 0.0157. The van der Waals surface area contributed by atoms with E-state index in [-0.39, 0.29) is 17.4 Å². The van der Waals surface area contributed by atoms with Gasteiger partial charge in [-0.25, -0.2) is 0 Å². The number of halogens is 1. The van der Waals surface area contributed by atoms with E-state index in [1.807, 2.05) is 53.4 Å². The maximum atomic E-state index is 13.7. The minimum atomic E-state index is -0.371. The number of hydrogen-bond donors (Lipinski definition) is 3. The number of benzene rings is 2. The number of aliphatic hydroxyl groups excluding tert-OH is 1. The molecule has 2 saturated heterocycles. The number of amides is 1. The van der Waals surface area contributed by atoms with Gasteiger partial charge in [-0.05, 0) is 49.6 Å². The second kappa shape index (κ2) is 7.73. The Bertz CT molecular complexity index is 1080. The van der Waals surface area contributed by atoms with Crippen LogP contribution in [0.5, 0.6) is 0 Å². The molecule has 0 unspecified atom stereocenters. The topological polar surface area (TPSA) is 68.4 Å². The molecule has 30 heavy (non-hydrogen) atoms. The Morgan fingerprint density at radius 2 is 2.03 bits per heavy atom. The van der Waals surface area contributed by atoms with E-state index in [2.05, 4.69) is 10.3 Å². The Kier molecular flexibility index (Phi) is 5.05. The molecule has 3 N–H and O–H groups in total. The van der Waals surface area contributed by atoms with Crippen LogP contribution in [0.2, 0.25) is 5.02 Å². The number of aliphatic hydroxyl groups is 1. The average molecular weight is 424 g/mol. The fraction of sp³-hybridized carbons (Fsp3) is 0.375. The quantitative estimate of drug-likeness (QED) is 0.582. The van der Waals surface area contributed by atoms with Crippen molar-refractivity contribution in [1.29, 1.82) is 0 Å². The molecular formula is C24H26ClN3O2. The summed E-state index contributed by atoms with van der Waals surface area (Å²) >= 11 is 6.29. The van der Waals surface area contributed by atoms with E-state index in [0.29, 0.717) is 23.8 Å². The first-order valence-electron chi connectivity index (χ1n) is 10.6. The van der Waals surface area contributed by atoms with Gasteiger partial charge in [0.1, 0.15) is 5.69 Å². The number of aromatic nitrogens is 1. The zero-order valence-corrected chi connectivity index (χ0v) is 17.6. The van der Waals surface area contributed by atoms with Crippen molar-refractivity contribution in [3.8, 4) is 11.1 Å². The molecule has 1 aromatic heterocycles. The Hall–Kier alpha value is -2.34. The third-order valence-corrected chi connectivity index (χ3v) is 6.95. The Morgan fingerprint density at radius 3 is 2.83 bits per heavy atom. The second-order valence-corrected chi connectivity index (χ2v) is 9.04. The maximum Gasteiger partial charge on any atom is 0.270 e. The van der Waals surface area contributed by atoms with Crippen LogP contribution in [0.1, 0.15) is 29.8 Å². The molecule has 1 amide bonds. The normalized spacial score (nSPS) is 24.5. The van der Waals surface area contributed by atoms with Gasteiger partial charge in [-0.2, -0.15) is 0 Å². The van der Waals surface area contributed by atoms with Gasteiger partial charge in [-0.15, -0.1) is 0 Å². The molecule has 0 saturated carbocycles. The lowest BCUT2D eigenvalue weighted by atomic mass is 9.72. The monoisotopic (exact) mass is 423 g/mol. The van der Waals surface area contributed by atoms with Crippen LogP contribution < -0.4 is 5.32 Å². The van der Waals surface area contributed by atoms with Crippen molar-refractivity contribution >= 4 is 28.4 Å². The summed E-state index contributed by atoms with van der Waals surface area (Å²) in [4.78, 5) is 19.0. The van der Waals surface area contributed by atoms with E-state index in [1.165, 1.54) is 0 Å². The minimum Gasteiger partial charge on any atom is -0.392 e. The summed E-state index contributed by atoms with van der Waals surface area (Å²) in [5.41, 5.74) is 3.11. The number of aromatic amines is 1. The highest BCUT2D eigenvalue weighted by Gasteiger charge is 2.44. The molecule has 2 aliphatic rings. The summed E-state index contributed by atoms with van der Waals surface area (Å²) < 4.78 is 0. The summed E-state index contributed by atoms with van der Waals surface area (Å²) in [6, 6.07) is 15.6. The molecule has 1 spiro atoms. The Morgan fingerprint density at radius 1 is 1.20 bits per heavy atom. The lowest BCUT2D eigenvalue weighted by Gasteiger charge is -2.48. The standard InChI is InChI=1S/C24H26ClN3O2/c25-17-7-8-19-18(13-17)21(16-5-2-1-3-6-16)22(27-19)23(30)28-12-4-10-24(15-28)14-26-11-9-20(24)29/h1-3,5-8,13,20,26-27,29H,4,9-12,14-15H2/t20-,24-/m0/s1. The summed E-state index contributed by atoms with van der Waals surface area (Å²) in [7, 11) is 0. The van der Waals surface area contributed by atoms with Gasteiger partial charge in [0.15, 0.2) is 0 Å². The van der Waals surface area contributed by atoms with E-state index in [4.69, 9.17) is 11.6 Å². The van der Waals surface area contributed by atoms with Gasteiger partial charge in [0, 0.05) is 46.5 Å². The van der Waals surface area contributed by atoms with Crippen LogP contribution in [0.25, 0.3) is 22.0 Å². The number of hydrogen-bond acceptors (Lipinski definition) is 3. The number of piperidine rings is 2. The number of likely N-dealkylation sites (tertiary alicyclic amines) is 1. The number of fused-ring (bicyclic) bond motifs is 1. The molecule has 0 radical (unpaired) electrons. The fourth-order valence-electron chi connectivity index (χ4n) is 5.14. The molecule has 5 nitrogen and oxygen atoms in total. The highest BCUT2D eigenvalue weighted by Crippen LogP contribution is 2.39. The van der Waals surface area contributed by atoms with Crippen molar-refractivity contribution in [3.05, 3.63) is 59.2 Å². The lowest BCUT2D eigenvalue weighted by molar-refractivity contribution is -0.0433. The Balaban J connectivity index is 1.56. The molecule has 2 atom stereocenters. The largest absolute Gasteiger partial charge is 0.392 e. The third-order valence-electron chi connectivity index (χ3n) is 6.71. The van der Waals surface area contributed by atoms with Crippen LogP contribution >= 0.6 is 11.6 Å². The zero-order valence-electron chi connectivity index (χ0n) is 16.8. The molecule has 2 aromatic carbocycles. The van der Waals surface area contributed by atoms with Gasteiger partial charge >= 0.3 is 0 Å². The molecule has 2 aliphatic heterocycles. The first kappa shape index (κ1) is 19.6. The first-order valence-corrected chi connectivity index (χ1v) is 11.0. The van der Waals surface area contributed by atoms with E-state index in [9.17, 15) is 9.90 Å². The van der Waals surface area contributed by atoms with Crippen LogP contribution in [0.15, 0.2) is 48.5 Å². The van der Waals surface area contributed by atoms with Crippen molar-refractivity contribution in [2.75, 3.05) is 26.2 Å². The molecule has 0 bridgehead atoms. The maximum absolute atomic E-state index is 13.7. The fourth-order valence-corrected chi connectivity index (χ4v) is 5.31. The van der Waals surface area contributed by atoms with Gasteiger partial charge in [0.25, 0.3) is 5.91 Å². The lowest BCUT2D eigenvalue weighted by Crippen LogP contribution is -2.58. The summed E-state index contributed by atoms with van der Waals surface area (Å²) in [5, 5.41) is 15.7. The number of nitrogens with one attached hydrogen (secondary N) is 2. The number of nitrogens with zero attached hydrogens (tertiary/aromatic N) is 1. The molecule has 0 aliphatic carbocycles. The van der Waals surface area contributed by atoms with Gasteiger partial charge in [-0.1, -0.05) is 41.9 Å².